The molecule has 0 saturated heterocycles. The summed E-state index contributed by atoms with van der Waals surface area (Å²) in [4.78, 5) is 32.0. The number of hydrogen-bond donors (Lipinski definition) is 2. The molecule has 1 rings (SSSR count). The van der Waals surface area contributed by atoms with E-state index in [4.69, 9.17) is 0 Å². The van der Waals surface area contributed by atoms with Crippen molar-refractivity contribution in [3.63, 3.8) is 0 Å². The van der Waals surface area contributed by atoms with Gasteiger partial charge in [0.25, 0.3) is 0 Å². The zero-order valence-electron chi connectivity index (χ0n) is 63.8. The first-order chi connectivity index (χ1) is 45.3. The molecule has 0 aromatic rings. The largest absolute Gasteiger partial charge is 0.481 e. The Morgan fingerprint density at radius 3 is 0.511 bits per heavy atom. The SMILES string of the molecule is CCCCCCCCCCCCCCCCCCN(CCCCCCCCCCCCCCCCCC)CCC1(CC(=O)O)CCCCC1(CCN(CCCCCCCCCCCCCCCCCC)CCCCCCCCCCCCCCCCCC)CC(=O)O. The van der Waals surface area contributed by atoms with Gasteiger partial charge in [-0.2, -0.15) is 0 Å². The maximum atomic E-state index is 13.3. The van der Waals surface area contributed by atoms with Gasteiger partial charge < -0.3 is 20.0 Å². The number of hydrogen-bond acceptors (Lipinski definition) is 4. The fraction of sp³-hybridized carbons (Fsp3) is 0.977. The maximum absolute atomic E-state index is 13.3. The molecular formula is C86H170N2O4. The molecule has 0 aromatic heterocycles. The van der Waals surface area contributed by atoms with Crippen molar-refractivity contribution in [2.24, 2.45) is 10.8 Å². The summed E-state index contributed by atoms with van der Waals surface area (Å²) in [6, 6.07) is 0. The van der Waals surface area contributed by atoms with Crippen molar-refractivity contribution in [1.82, 2.24) is 9.80 Å². The average molecular weight is 1300 g/mol. The summed E-state index contributed by atoms with van der Waals surface area (Å²) < 4.78 is 0. The molecule has 2 unspecified atom stereocenters. The second kappa shape index (κ2) is 69.7. The molecule has 0 heterocycles. The Hall–Kier alpha value is -1.14. The van der Waals surface area contributed by atoms with Gasteiger partial charge in [-0.15, -0.1) is 0 Å². The maximum Gasteiger partial charge on any atom is 0.303 e. The van der Waals surface area contributed by atoms with Gasteiger partial charge in [0.05, 0.1) is 12.8 Å². The van der Waals surface area contributed by atoms with E-state index in [1.165, 1.54) is 411 Å². The van der Waals surface area contributed by atoms with E-state index in [1.807, 2.05) is 0 Å². The summed E-state index contributed by atoms with van der Waals surface area (Å²) >= 11 is 0. The Morgan fingerprint density at radius 1 is 0.228 bits per heavy atom. The number of carbonyl (C=O) groups is 2. The predicted molar refractivity (Wildman–Crippen MR) is 408 cm³/mol. The molecule has 1 aliphatic carbocycles. The third kappa shape index (κ3) is 55.8. The number of nitrogens with zero attached hydrogens (tertiary/aromatic N) is 2. The van der Waals surface area contributed by atoms with E-state index in [9.17, 15) is 19.8 Å². The number of aliphatic carboxylic acids is 2. The summed E-state index contributed by atoms with van der Waals surface area (Å²) in [6.45, 7) is 15.4. The van der Waals surface area contributed by atoms with Crippen LogP contribution in [0, 0.1) is 10.8 Å². The quantitative estimate of drug-likeness (QED) is 0.0591. The van der Waals surface area contributed by atoms with Gasteiger partial charge in [0.2, 0.25) is 0 Å². The normalized spacial score (nSPS) is 16.1. The molecule has 0 spiro atoms. The number of rotatable bonds is 78. The van der Waals surface area contributed by atoms with Gasteiger partial charge >= 0.3 is 11.9 Å². The van der Waals surface area contributed by atoms with E-state index >= 15 is 0 Å². The van der Waals surface area contributed by atoms with Crippen molar-refractivity contribution in [3.05, 3.63) is 0 Å². The summed E-state index contributed by atoms with van der Waals surface area (Å²) in [5.74, 6) is -1.44. The van der Waals surface area contributed by atoms with Gasteiger partial charge in [-0.1, -0.05) is 426 Å². The molecule has 548 valence electrons. The van der Waals surface area contributed by atoms with Crippen molar-refractivity contribution in [2.45, 2.75) is 490 Å². The van der Waals surface area contributed by atoms with Gasteiger partial charge in [0, 0.05) is 0 Å². The second-order valence-electron chi connectivity index (χ2n) is 31.3. The molecule has 0 bridgehead atoms. The zero-order chi connectivity index (χ0) is 66.5. The first-order valence-electron chi connectivity index (χ1n) is 43.2. The molecule has 0 aliphatic heterocycles. The first kappa shape index (κ1) is 88.9. The fourth-order valence-corrected chi connectivity index (χ4v) is 16.5. The van der Waals surface area contributed by atoms with E-state index in [0.717, 1.165) is 77.8 Å². The third-order valence-corrected chi connectivity index (χ3v) is 22.8. The van der Waals surface area contributed by atoms with E-state index in [-0.39, 0.29) is 12.8 Å². The average Bonchev–Trinajstić information content (AvgIpc) is 0.823. The minimum Gasteiger partial charge on any atom is -0.481 e. The predicted octanol–water partition coefficient (Wildman–Crippen LogP) is 28.9. The van der Waals surface area contributed by atoms with Crippen molar-refractivity contribution in [2.75, 3.05) is 39.3 Å². The molecule has 0 amide bonds. The third-order valence-electron chi connectivity index (χ3n) is 22.8. The van der Waals surface area contributed by atoms with Crippen molar-refractivity contribution in [3.8, 4) is 0 Å². The smallest absolute Gasteiger partial charge is 0.303 e. The first-order valence-corrected chi connectivity index (χ1v) is 43.2. The molecule has 1 saturated carbocycles. The summed E-state index contributed by atoms with van der Waals surface area (Å²) in [6.07, 6.45) is 94.0. The van der Waals surface area contributed by atoms with Crippen molar-refractivity contribution >= 4 is 11.9 Å². The van der Waals surface area contributed by atoms with Crippen LogP contribution in [0.2, 0.25) is 0 Å². The summed E-state index contributed by atoms with van der Waals surface area (Å²) in [7, 11) is 0. The minimum absolute atomic E-state index is 0.116. The van der Waals surface area contributed by atoms with Crippen LogP contribution in [0.25, 0.3) is 0 Å². The van der Waals surface area contributed by atoms with Gasteiger partial charge in [-0.3, -0.25) is 9.59 Å². The lowest BCUT2D eigenvalue weighted by atomic mass is 9.50. The molecule has 6 heteroatoms. The lowest BCUT2D eigenvalue weighted by molar-refractivity contribution is -0.155. The highest BCUT2D eigenvalue weighted by molar-refractivity contribution is 5.70. The van der Waals surface area contributed by atoms with Crippen LogP contribution in [0.15, 0.2) is 0 Å². The summed E-state index contributed by atoms with van der Waals surface area (Å²) in [5, 5.41) is 21.8. The molecule has 1 aliphatic rings. The second-order valence-corrected chi connectivity index (χ2v) is 31.3. The van der Waals surface area contributed by atoms with Crippen LogP contribution in [-0.4, -0.2) is 71.2 Å². The van der Waals surface area contributed by atoms with E-state index < -0.39 is 22.8 Å². The monoisotopic (exact) mass is 1300 g/mol. The summed E-state index contributed by atoms with van der Waals surface area (Å²) in [5.41, 5.74) is -0.990. The highest BCUT2D eigenvalue weighted by Gasteiger charge is 2.54. The number of carboxylic acids is 2. The molecule has 92 heavy (non-hydrogen) atoms. The Kier molecular flexibility index (Phi) is 67.4. The van der Waals surface area contributed by atoms with Crippen LogP contribution in [0.1, 0.15) is 490 Å². The van der Waals surface area contributed by atoms with Crippen LogP contribution in [0.4, 0.5) is 0 Å². The Labute approximate surface area is 578 Å². The topological polar surface area (TPSA) is 81.1 Å². The molecule has 1 fully saturated rings. The molecule has 0 radical (unpaired) electrons. The van der Waals surface area contributed by atoms with Crippen LogP contribution in [0.5, 0.6) is 0 Å². The van der Waals surface area contributed by atoms with E-state index in [0.29, 0.717) is 0 Å². The highest BCUT2D eigenvalue weighted by Crippen LogP contribution is 2.59. The van der Waals surface area contributed by atoms with Gasteiger partial charge in [-0.25, -0.2) is 0 Å². The highest BCUT2D eigenvalue weighted by atomic mass is 16.4. The molecule has 2 N–H and O–H groups in total. The van der Waals surface area contributed by atoms with Crippen LogP contribution >= 0.6 is 0 Å². The number of unbranched alkanes of at least 4 members (excludes halogenated alkanes) is 60. The zero-order valence-corrected chi connectivity index (χ0v) is 63.8. The lowest BCUT2D eigenvalue weighted by Crippen LogP contribution is -2.50. The van der Waals surface area contributed by atoms with E-state index in [1.54, 1.807) is 0 Å². The molecule has 6 nitrogen and oxygen atoms in total. The van der Waals surface area contributed by atoms with Crippen LogP contribution in [0.3, 0.4) is 0 Å². The van der Waals surface area contributed by atoms with Gasteiger partial charge in [0.1, 0.15) is 0 Å². The Morgan fingerprint density at radius 2 is 0.370 bits per heavy atom. The van der Waals surface area contributed by atoms with Gasteiger partial charge in [-0.05, 0) is 101 Å². The fourth-order valence-electron chi connectivity index (χ4n) is 16.5. The molecular weight excluding hydrogens is 1120 g/mol. The Balaban J connectivity index is 3.01. The van der Waals surface area contributed by atoms with E-state index in [2.05, 4.69) is 37.5 Å². The van der Waals surface area contributed by atoms with Crippen molar-refractivity contribution in [1.29, 1.82) is 0 Å². The Bertz CT molecular complexity index is 1310. The lowest BCUT2D eigenvalue weighted by Gasteiger charge is -2.54. The van der Waals surface area contributed by atoms with Gasteiger partial charge in [0.15, 0.2) is 0 Å². The van der Waals surface area contributed by atoms with Crippen molar-refractivity contribution < 1.29 is 19.8 Å². The van der Waals surface area contributed by atoms with Crippen LogP contribution in [-0.2, 0) is 9.59 Å². The molecule has 2 atom stereocenters. The minimum atomic E-state index is -0.720. The molecule has 0 aromatic carbocycles. The number of carboxylic acid groups (broad SMARTS) is 2. The standard InChI is InChI=1S/C86H170N2O4/c1-5-9-13-17-21-25-29-33-37-41-45-49-53-57-61-67-75-87(76-68-62-58-54-50-46-42-38-34-30-26-22-18-14-10-6-2)79-73-85(81-83(89)90)71-65-66-72-86(85,82-84(91)92)74-80-88(77-69-63-59-55-51-47-43-39-35-31-27-23-19-15-11-7-3)78-70-64-60-56-52-48-44-40-36-32-28-24-20-16-12-8-4/h5-82H2,1-4H3,(H,89,90)(H,91,92). The van der Waals surface area contributed by atoms with Crippen LogP contribution < -0.4 is 0 Å².